The first-order valence-electron chi connectivity index (χ1n) is 8.02. The molecule has 0 spiro atoms. The number of aromatic nitrogens is 3. The standard InChI is InChI=1S/C18H18N4O3S/c1-21-14(10-16(23)22(2)18(21)25)17(24)19-9-8-15-20-13(11-26-15)12-6-4-3-5-7-12/h3-7,10-11H,8-9H2,1-2H3,(H,19,24). The van der Waals surface area contributed by atoms with Gasteiger partial charge in [0.05, 0.1) is 10.7 Å². The molecule has 7 nitrogen and oxygen atoms in total. The van der Waals surface area contributed by atoms with Gasteiger partial charge in [0.25, 0.3) is 11.5 Å². The van der Waals surface area contributed by atoms with Gasteiger partial charge in [0.2, 0.25) is 0 Å². The van der Waals surface area contributed by atoms with Crippen molar-refractivity contribution in [3.63, 3.8) is 0 Å². The van der Waals surface area contributed by atoms with Gasteiger partial charge in [-0.2, -0.15) is 0 Å². The zero-order chi connectivity index (χ0) is 18.7. The fourth-order valence-corrected chi connectivity index (χ4v) is 3.30. The van der Waals surface area contributed by atoms with E-state index in [1.807, 2.05) is 35.7 Å². The maximum absolute atomic E-state index is 12.3. The normalized spacial score (nSPS) is 10.7. The van der Waals surface area contributed by atoms with E-state index in [-0.39, 0.29) is 5.69 Å². The highest BCUT2D eigenvalue weighted by molar-refractivity contribution is 7.09. The van der Waals surface area contributed by atoms with Gasteiger partial charge >= 0.3 is 5.69 Å². The molecule has 0 unspecified atom stereocenters. The number of benzene rings is 1. The number of nitrogens with zero attached hydrogens (tertiary/aromatic N) is 3. The molecule has 0 saturated heterocycles. The summed E-state index contributed by atoms with van der Waals surface area (Å²) in [7, 11) is 2.84. The second kappa shape index (κ2) is 7.49. The zero-order valence-corrected chi connectivity index (χ0v) is 15.2. The summed E-state index contributed by atoms with van der Waals surface area (Å²) in [5.41, 5.74) is 0.961. The maximum Gasteiger partial charge on any atom is 0.331 e. The molecule has 8 heteroatoms. The van der Waals surface area contributed by atoms with Gasteiger partial charge in [0.1, 0.15) is 5.69 Å². The first-order chi connectivity index (χ1) is 12.5. The third-order valence-electron chi connectivity index (χ3n) is 4.00. The van der Waals surface area contributed by atoms with Crippen LogP contribution in [0.3, 0.4) is 0 Å². The number of amides is 1. The van der Waals surface area contributed by atoms with Crippen LogP contribution >= 0.6 is 11.3 Å². The molecule has 3 rings (SSSR count). The molecule has 1 aromatic carbocycles. The van der Waals surface area contributed by atoms with Crippen molar-refractivity contribution < 1.29 is 4.79 Å². The predicted octanol–water partition coefficient (Wildman–Crippen LogP) is 1.18. The van der Waals surface area contributed by atoms with Gasteiger partial charge in [0, 0.05) is 44.1 Å². The van der Waals surface area contributed by atoms with Gasteiger partial charge in [-0.3, -0.25) is 18.7 Å². The van der Waals surface area contributed by atoms with Crippen LogP contribution in [0.5, 0.6) is 0 Å². The number of hydrogen-bond acceptors (Lipinski definition) is 5. The molecule has 0 aliphatic carbocycles. The highest BCUT2D eigenvalue weighted by atomic mass is 32.1. The summed E-state index contributed by atoms with van der Waals surface area (Å²) in [4.78, 5) is 40.4. The molecule has 0 atom stereocenters. The summed E-state index contributed by atoms with van der Waals surface area (Å²) in [6, 6.07) is 11.0. The number of rotatable bonds is 5. The van der Waals surface area contributed by atoms with Crippen LogP contribution in [0.4, 0.5) is 0 Å². The third-order valence-corrected chi connectivity index (χ3v) is 4.91. The highest BCUT2D eigenvalue weighted by Gasteiger charge is 2.13. The lowest BCUT2D eigenvalue weighted by Crippen LogP contribution is -2.41. The van der Waals surface area contributed by atoms with Crippen molar-refractivity contribution in [1.82, 2.24) is 19.4 Å². The topological polar surface area (TPSA) is 86.0 Å². The smallest absolute Gasteiger partial charge is 0.331 e. The van der Waals surface area contributed by atoms with E-state index in [2.05, 4.69) is 10.3 Å². The van der Waals surface area contributed by atoms with Crippen LogP contribution in [0.25, 0.3) is 11.3 Å². The van der Waals surface area contributed by atoms with Crippen LogP contribution in [-0.2, 0) is 20.5 Å². The second-order valence-electron chi connectivity index (χ2n) is 5.77. The van der Waals surface area contributed by atoms with Gasteiger partial charge in [-0.25, -0.2) is 9.78 Å². The van der Waals surface area contributed by atoms with Crippen LogP contribution < -0.4 is 16.6 Å². The summed E-state index contributed by atoms with van der Waals surface area (Å²) in [5.74, 6) is -0.456. The third kappa shape index (κ3) is 3.65. The highest BCUT2D eigenvalue weighted by Crippen LogP contribution is 2.21. The number of thiazole rings is 1. The molecule has 2 aromatic heterocycles. The van der Waals surface area contributed by atoms with E-state index in [4.69, 9.17) is 0 Å². The molecule has 0 aliphatic rings. The largest absolute Gasteiger partial charge is 0.350 e. The fourth-order valence-electron chi connectivity index (χ4n) is 2.49. The van der Waals surface area contributed by atoms with E-state index >= 15 is 0 Å². The number of nitrogens with one attached hydrogen (secondary N) is 1. The van der Waals surface area contributed by atoms with Gasteiger partial charge in [-0.15, -0.1) is 11.3 Å². The van der Waals surface area contributed by atoms with E-state index in [0.29, 0.717) is 13.0 Å². The van der Waals surface area contributed by atoms with Gasteiger partial charge in [-0.1, -0.05) is 30.3 Å². The number of carbonyl (C=O) groups is 1. The molecular weight excluding hydrogens is 352 g/mol. The van der Waals surface area contributed by atoms with Crippen molar-refractivity contribution in [2.75, 3.05) is 6.54 Å². The van der Waals surface area contributed by atoms with Gasteiger partial charge < -0.3 is 5.32 Å². The van der Waals surface area contributed by atoms with Crippen molar-refractivity contribution in [2.45, 2.75) is 6.42 Å². The van der Waals surface area contributed by atoms with Crippen molar-refractivity contribution in [3.8, 4) is 11.3 Å². The molecular formula is C18H18N4O3S. The average Bonchev–Trinajstić information content (AvgIpc) is 3.12. The molecule has 0 saturated carbocycles. The summed E-state index contributed by atoms with van der Waals surface area (Å²) >= 11 is 1.53. The Morgan fingerprint density at radius 2 is 1.88 bits per heavy atom. The fraction of sp³-hybridized carbons (Fsp3) is 0.222. The number of hydrogen-bond donors (Lipinski definition) is 1. The zero-order valence-electron chi connectivity index (χ0n) is 14.4. The minimum absolute atomic E-state index is 0.0437. The van der Waals surface area contributed by atoms with Gasteiger partial charge in [0.15, 0.2) is 0 Å². The second-order valence-corrected chi connectivity index (χ2v) is 6.71. The molecule has 0 aliphatic heterocycles. The molecule has 26 heavy (non-hydrogen) atoms. The minimum atomic E-state index is -0.532. The van der Waals surface area contributed by atoms with E-state index in [9.17, 15) is 14.4 Å². The Labute approximate surface area is 153 Å². The van der Waals surface area contributed by atoms with E-state index < -0.39 is 17.2 Å². The molecule has 0 bridgehead atoms. The minimum Gasteiger partial charge on any atom is -0.350 e. The average molecular weight is 370 g/mol. The Bertz CT molecular complexity index is 1050. The van der Waals surface area contributed by atoms with Crippen molar-refractivity contribution in [1.29, 1.82) is 0 Å². The van der Waals surface area contributed by atoms with Crippen LogP contribution in [0.15, 0.2) is 51.4 Å². The lowest BCUT2D eigenvalue weighted by atomic mass is 10.2. The van der Waals surface area contributed by atoms with Crippen molar-refractivity contribution in [2.24, 2.45) is 14.1 Å². The molecule has 1 amide bonds. The summed E-state index contributed by atoms with van der Waals surface area (Å²) in [6.45, 7) is 0.365. The molecule has 2 heterocycles. The van der Waals surface area contributed by atoms with Crippen LogP contribution in [0.1, 0.15) is 15.5 Å². The summed E-state index contributed by atoms with van der Waals surface area (Å²) in [6.07, 6.45) is 0.571. The SMILES string of the molecule is Cn1c(C(=O)NCCc2nc(-c3ccccc3)cs2)cc(=O)n(C)c1=O. The van der Waals surface area contributed by atoms with Crippen LogP contribution in [0.2, 0.25) is 0 Å². The molecule has 3 aromatic rings. The van der Waals surface area contributed by atoms with E-state index in [0.717, 1.165) is 31.5 Å². The lowest BCUT2D eigenvalue weighted by Gasteiger charge is -2.09. The first-order valence-corrected chi connectivity index (χ1v) is 8.90. The Balaban J connectivity index is 1.64. The molecule has 1 N–H and O–H groups in total. The van der Waals surface area contributed by atoms with E-state index in [1.165, 1.54) is 25.4 Å². The van der Waals surface area contributed by atoms with Crippen molar-refractivity contribution in [3.05, 3.63) is 73.3 Å². The predicted molar refractivity (Wildman–Crippen MR) is 101 cm³/mol. The Morgan fingerprint density at radius 3 is 2.62 bits per heavy atom. The first kappa shape index (κ1) is 17.8. The Morgan fingerprint density at radius 1 is 1.15 bits per heavy atom. The van der Waals surface area contributed by atoms with Crippen molar-refractivity contribution >= 4 is 17.2 Å². The monoisotopic (exact) mass is 370 g/mol. The van der Waals surface area contributed by atoms with Crippen LogP contribution in [0, 0.1) is 0 Å². The van der Waals surface area contributed by atoms with Gasteiger partial charge in [-0.05, 0) is 0 Å². The molecule has 134 valence electrons. The summed E-state index contributed by atoms with van der Waals surface area (Å²) < 4.78 is 2.12. The quantitative estimate of drug-likeness (QED) is 0.731. The molecule has 0 radical (unpaired) electrons. The lowest BCUT2D eigenvalue weighted by molar-refractivity contribution is 0.0944. The van der Waals surface area contributed by atoms with Crippen LogP contribution in [-0.4, -0.2) is 26.6 Å². The number of carbonyl (C=O) groups excluding carboxylic acids is 1. The van der Waals surface area contributed by atoms with E-state index in [1.54, 1.807) is 0 Å². The molecule has 0 fully saturated rings. The summed E-state index contributed by atoms with van der Waals surface area (Å²) in [5, 5.41) is 5.62. The maximum atomic E-state index is 12.3. The Hall–Kier alpha value is -3.00. The Kier molecular flexibility index (Phi) is 5.13.